The smallest absolute Gasteiger partial charge is 0.245 e. The van der Waals surface area contributed by atoms with Crippen molar-refractivity contribution >= 4 is 38.7 Å². The molecule has 2 heterocycles. The predicted molar refractivity (Wildman–Crippen MR) is 115 cm³/mol. The maximum Gasteiger partial charge on any atom is 0.245 e. The zero-order chi connectivity index (χ0) is 20.9. The molecule has 1 saturated heterocycles. The maximum atomic E-state index is 13.2. The maximum absolute atomic E-state index is 13.2. The van der Waals surface area contributed by atoms with Crippen LogP contribution in [0.4, 0.5) is 0 Å². The molecule has 1 aromatic heterocycles. The fourth-order valence-corrected chi connectivity index (χ4v) is 6.11. The van der Waals surface area contributed by atoms with E-state index in [0.717, 1.165) is 31.0 Å². The summed E-state index contributed by atoms with van der Waals surface area (Å²) in [6.07, 6.45) is 5.87. The number of carbonyl (C=O) groups excluding carboxylic acids is 1. The van der Waals surface area contributed by atoms with E-state index in [-0.39, 0.29) is 23.3 Å². The number of hydrogen-bond donors (Lipinski definition) is 1. The second-order valence-corrected chi connectivity index (χ2v) is 10.2. The standard InChI is InChI=1S/C20H30N4O3S2/c1-3-5-8-15(4-2)13-21-20(25)16-9-7-12-24(14-16)29(26,27)18-11-6-10-17-19(18)23-28-22-17/h6,10-11,15-16H,3-5,7-9,12-14H2,1-2H3,(H,21,25). The predicted octanol–water partition coefficient (Wildman–Crippen LogP) is 3.42. The van der Waals surface area contributed by atoms with Crippen molar-refractivity contribution < 1.29 is 13.2 Å². The molecule has 160 valence electrons. The number of piperidine rings is 1. The van der Waals surface area contributed by atoms with Gasteiger partial charge in [-0.15, -0.1) is 0 Å². The molecule has 3 rings (SSSR count). The summed E-state index contributed by atoms with van der Waals surface area (Å²) < 4.78 is 36.2. The SMILES string of the molecule is CCCCC(CC)CNC(=O)C1CCCN(S(=O)(=O)c2cccc3nsnc23)C1. The summed E-state index contributed by atoms with van der Waals surface area (Å²) in [5.41, 5.74) is 0.992. The molecule has 1 N–H and O–H groups in total. The molecule has 2 aromatic rings. The van der Waals surface area contributed by atoms with Crippen LogP contribution in [-0.2, 0) is 14.8 Å². The van der Waals surface area contributed by atoms with Gasteiger partial charge >= 0.3 is 0 Å². The molecule has 9 heteroatoms. The van der Waals surface area contributed by atoms with Crippen molar-refractivity contribution in [2.75, 3.05) is 19.6 Å². The van der Waals surface area contributed by atoms with Gasteiger partial charge in [-0.2, -0.15) is 13.1 Å². The number of carbonyl (C=O) groups is 1. The van der Waals surface area contributed by atoms with Gasteiger partial charge in [0.25, 0.3) is 0 Å². The minimum Gasteiger partial charge on any atom is -0.356 e. The Hall–Kier alpha value is -1.58. The van der Waals surface area contributed by atoms with E-state index >= 15 is 0 Å². The molecular weight excluding hydrogens is 408 g/mol. The summed E-state index contributed by atoms with van der Waals surface area (Å²) in [6.45, 7) is 5.63. The molecule has 1 aliphatic heterocycles. The molecule has 29 heavy (non-hydrogen) atoms. The van der Waals surface area contributed by atoms with Crippen molar-refractivity contribution in [1.29, 1.82) is 0 Å². The highest BCUT2D eigenvalue weighted by molar-refractivity contribution is 7.89. The highest BCUT2D eigenvalue weighted by Gasteiger charge is 2.34. The summed E-state index contributed by atoms with van der Waals surface area (Å²) in [6, 6.07) is 5.02. The molecule has 0 bridgehead atoms. The summed E-state index contributed by atoms with van der Waals surface area (Å²) in [7, 11) is -3.72. The highest BCUT2D eigenvalue weighted by atomic mass is 32.2. The third-order valence-corrected chi connectivity index (χ3v) is 8.17. The summed E-state index contributed by atoms with van der Waals surface area (Å²) >= 11 is 1.01. The Kier molecular flexibility index (Phi) is 7.59. The van der Waals surface area contributed by atoms with Gasteiger partial charge in [-0.25, -0.2) is 8.42 Å². The van der Waals surface area contributed by atoms with E-state index in [2.05, 4.69) is 27.9 Å². The Labute approximate surface area is 177 Å². The van der Waals surface area contributed by atoms with E-state index in [4.69, 9.17) is 0 Å². The number of hydrogen-bond acceptors (Lipinski definition) is 6. The first-order valence-electron chi connectivity index (χ1n) is 10.5. The number of fused-ring (bicyclic) bond motifs is 1. The molecule has 1 aliphatic rings. The van der Waals surface area contributed by atoms with Crippen molar-refractivity contribution in [2.45, 2.75) is 57.3 Å². The zero-order valence-electron chi connectivity index (χ0n) is 17.1. The molecule has 2 unspecified atom stereocenters. The van der Waals surface area contributed by atoms with Crippen molar-refractivity contribution in [3.63, 3.8) is 0 Å². The summed E-state index contributed by atoms with van der Waals surface area (Å²) in [5.74, 6) is 0.139. The zero-order valence-corrected chi connectivity index (χ0v) is 18.8. The van der Waals surface area contributed by atoms with Gasteiger partial charge < -0.3 is 5.32 Å². The molecule has 7 nitrogen and oxygen atoms in total. The average molecular weight is 439 g/mol. The van der Waals surface area contributed by atoms with Gasteiger partial charge in [-0.05, 0) is 37.3 Å². The quantitative estimate of drug-likeness (QED) is 0.648. The normalized spacial score (nSPS) is 19.3. The Bertz CT molecular complexity index is 929. The van der Waals surface area contributed by atoms with Crippen molar-refractivity contribution in [2.24, 2.45) is 11.8 Å². The summed E-state index contributed by atoms with van der Waals surface area (Å²) in [5, 5.41) is 3.07. The van der Waals surface area contributed by atoms with Gasteiger partial charge in [0.05, 0.1) is 17.6 Å². The minimum absolute atomic E-state index is 0.0339. The van der Waals surface area contributed by atoms with Crippen LogP contribution in [0.1, 0.15) is 52.4 Å². The second kappa shape index (κ2) is 9.95. The number of benzene rings is 1. The van der Waals surface area contributed by atoms with E-state index in [1.165, 1.54) is 10.7 Å². The Morgan fingerprint density at radius 1 is 1.34 bits per heavy atom. The number of rotatable bonds is 9. The van der Waals surface area contributed by atoms with E-state index in [1.54, 1.807) is 18.2 Å². The molecule has 1 aromatic carbocycles. The first-order valence-corrected chi connectivity index (χ1v) is 12.6. The van der Waals surface area contributed by atoms with Gasteiger partial charge in [0.15, 0.2) is 0 Å². The van der Waals surface area contributed by atoms with Crippen LogP contribution in [0.5, 0.6) is 0 Å². The first-order chi connectivity index (χ1) is 14.0. The third-order valence-electron chi connectivity index (χ3n) is 5.73. The van der Waals surface area contributed by atoms with Crippen LogP contribution in [-0.4, -0.2) is 47.0 Å². The van der Waals surface area contributed by atoms with Crippen molar-refractivity contribution in [1.82, 2.24) is 18.4 Å². The molecular formula is C20H30N4O3S2. The Morgan fingerprint density at radius 3 is 2.93 bits per heavy atom. The van der Waals surface area contributed by atoms with Crippen LogP contribution in [0.3, 0.4) is 0 Å². The van der Waals surface area contributed by atoms with Crippen molar-refractivity contribution in [3.05, 3.63) is 18.2 Å². The molecule has 1 amide bonds. The number of aromatic nitrogens is 2. The van der Waals surface area contributed by atoms with Crippen LogP contribution in [0.15, 0.2) is 23.1 Å². The topological polar surface area (TPSA) is 92.3 Å². The van der Waals surface area contributed by atoms with Gasteiger partial charge in [0, 0.05) is 19.6 Å². The fraction of sp³-hybridized carbons (Fsp3) is 0.650. The number of unbranched alkanes of at least 4 members (excludes halogenated alkanes) is 1. The first kappa shape index (κ1) is 22.1. The lowest BCUT2D eigenvalue weighted by atomic mass is 9.96. The van der Waals surface area contributed by atoms with Crippen LogP contribution >= 0.6 is 11.7 Å². The second-order valence-electron chi connectivity index (χ2n) is 7.75. The van der Waals surface area contributed by atoms with Gasteiger partial charge in [-0.3, -0.25) is 4.79 Å². The Balaban J connectivity index is 1.67. The van der Waals surface area contributed by atoms with E-state index < -0.39 is 10.0 Å². The number of amides is 1. The number of nitrogens with zero attached hydrogens (tertiary/aromatic N) is 3. The number of nitrogens with one attached hydrogen (secondary N) is 1. The molecule has 1 fully saturated rings. The van der Waals surface area contributed by atoms with E-state index in [0.29, 0.717) is 42.9 Å². The van der Waals surface area contributed by atoms with Gasteiger partial charge in [0.2, 0.25) is 15.9 Å². The lowest BCUT2D eigenvalue weighted by molar-refractivity contribution is -0.126. The third kappa shape index (κ3) is 5.13. The molecule has 0 saturated carbocycles. The summed E-state index contributed by atoms with van der Waals surface area (Å²) in [4.78, 5) is 12.9. The minimum atomic E-state index is -3.72. The van der Waals surface area contributed by atoms with Crippen LogP contribution in [0, 0.1) is 11.8 Å². The molecule has 0 radical (unpaired) electrons. The van der Waals surface area contributed by atoms with Crippen LogP contribution < -0.4 is 5.32 Å². The van der Waals surface area contributed by atoms with Crippen LogP contribution in [0.25, 0.3) is 11.0 Å². The lowest BCUT2D eigenvalue weighted by Crippen LogP contribution is -2.46. The monoisotopic (exact) mass is 438 g/mol. The van der Waals surface area contributed by atoms with Gasteiger partial charge in [0.1, 0.15) is 15.9 Å². The van der Waals surface area contributed by atoms with Crippen molar-refractivity contribution in [3.8, 4) is 0 Å². The Morgan fingerprint density at radius 2 is 2.17 bits per heavy atom. The van der Waals surface area contributed by atoms with Crippen LogP contribution in [0.2, 0.25) is 0 Å². The average Bonchev–Trinajstić information content (AvgIpc) is 3.22. The lowest BCUT2D eigenvalue weighted by Gasteiger charge is -2.31. The van der Waals surface area contributed by atoms with Gasteiger partial charge in [-0.1, -0.05) is 39.2 Å². The molecule has 0 spiro atoms. The van der Waals surface area contributed by atoms with E-state index in [9.17, 15) is 13.2 Å². The fourth-order valence-electron chi connectivity index (χ4n) is 3.84. The highest BCUT2D eigenvalue weighted by Crippen LogP contribution is 2.28. The molecule has 0 aliphatic carbocycles. The number of sulfonamides is 1. The molecule has 2 atom stereocenters. The van der Waals surface area contributed by atoms with E-state index in [1.807, 2.05) is 0 Å². The largest absolute Gasteiger partial charge is 0.356 e.